The first-order valence-electron chi connectivity index (χ1n) is 4.73. The summed E-state index contributed by atoms with van der Waals surface area (Å²) in [5.74, 6) is -0.589. The molecule has 8 heteroatoms. The lowest BCUT2D eigenvalue weighted by atomic mass is 10.5. The Morgan fingerprint density at radius 3 is 2.72 bits per heavy atom. The van der Waals surface area contributed by atoms with Crippen LogP contribution in [0.15, 0.2) is 46.2 Å². The minimum Gasteiger partial charge on any atom is -0.263 e. The van der Waals surface area contributed by atoms with Crippen LogP contribution < -0.4 is 4.72 Å². The summed E-state index contributed by atoms with van der Waals surface area (Å²) in [6, 6.07) is 5.64. The molecule has 5 nitrogen and oxygen atoms in total. The molecule has 0 amide bonds. The van der Waals surface area contributed by atoms with E-state index >= 15 is 0 Å². The number of aromatic nitrogens is 2. The van der Waals surface area contributed by atoms with Gasteiger partial charge in [-0.1, -0.05) is 6.07 Å². The van der Waals surface area contributed by atoms with Crippen LogP contribution in [-0.2, 0) is 10.0 Å². The molecule has 0 fully saturated rings. The lowest BCUT2D eigenvalue weighted by Gasteiger charge is -2.06. The van der Waals surface area contributed by atoms with Crippen molar-refractivity contribution in [1.29, 1.82) is 0 Å². The number of rotatable bonds is 3. The van der Waals surface area contributed by atoms with Crippen LogP contribution in [0.4, 0.5) is 10.2 Å². The number of hydrogen-bond acceptors (Lipinski definition) is 4. The molecule has 0 aliphatic heterocycles. The Bertz CT molecular complexity index is 678. The highest BCUT2D eigenvalue weighted by molar-refractivity contribution is 9.10. The molecule has 0 aromatic carbocycles. The fraction of sp³-hybridized carbons (Fsp3) is 0. The van der Waals surface area contributed by atoms with Crippen molar-refractivity contribution in [2.45, 2.75) is 4.90 Å². The molecule has 2 aromatic rings. The third-order valence-electron chi connectivity index (χ3n) is 1.94. The number of nitrogens with one attached hydrogen (secondary N) is 1. The fourth-order valence-electron chi connectivity index (χ4n) is 1.20. The van der Waals surface area contributed by atoms with Crippen LogP contribution in [0.1, 0.15) is 0 Å². The monoisotopic (exact) mass is 331 g/mol. The smallest absolute Gasteiger partial charge is 0.263 e. The second kappa shape index (κ2) is 4.99. The molecule has 0 aliphatic carbocycles. The third kappa shape index (κ3) is 3.02. The van der Waals surface area contributed by atoms with Gasteiger partial charge in [0.25, 0.3) is 10.0 Å². The van der Waals surface area contributed by atoms with Crippen LogP contribution in [0, 0.1) is 5.82 Å². The number of nitrogens with zero attached hydrogens (tertiary/aromatic N) is 2. The molecule has 1 N–H and O–H groups in total. The fourth-order valence-corrected chi connectivity index (χ4v) is 2.52. The summed E-state index contributed by atoms with van der Waals surface area (Å²) >= 11 is 3.12. The maximum atomic E-state index is 12.9. The zero-order valence-corrected chi connectivity index (χ0v) is 11.2. The van der Waals surface area contributed by atoms with E-state index in [0.717, 1.165) is 18.5 Å². The number of pyridine rings is 2. The van der Waals surface area contributed by atoms with E-state index in [9.17, 15) is 12.8 Å². The van der Waals surface area contributed by atoms with Crippen molar-refractivity contribution in [3.8, 4) is 0 Å². The van der Waals surface area contributed by atoms with Gasteiger partial charge in [-0.05, 0) is 34.1 Å². The first kappa shape index (κ1) is 12.9. The van der Waals surface area contributed by atoms with Crippen LogP contribution in [0.3, 0.4) is 0 Å². The van der Waals surface area contributed by atoms with E-state index in [1.807, 2.05) is 0 Å². The summed E-state index contributed by atoms with van der Waals surface area (Å²) in [6.07, 6.45) is 1.99. The molecular formula is C10H7BrFN3O2S. The van der Waals surface area contributed by atoms with Crippen molar-refractivity contribution in [3.05, 3.63) is 47.1 Å². The van der Waals surface area contributed by atoms with Crippen LogP contribution >= 0.6 is 15.9 Å². The van der Waals surface area contributed by atoms with Gasteiger partial charge in [0.15, 0.2) is 0 Å². The Morgan fingerprint density at radius 2 is 2.06 bits per heavy atom. The minimum absolute atomic E-state index is 0.133. The molecule has 2 heterocycles. The van der Waals surface area contributed by atoms with Gasteiger partial charge >= 0.3 is 0 Å². The van der Waals surface area contributed by atoms with E-state index in [1.54, 1.807) is 12.1 Å². The molecule has 0 bridgehead atoms. The maximum Gasteiger partial charge on any atom is 0.264 e. The quantitative estimate of drug-likeness (QED) is 0.875. The first-order valence-corrected chi connectivity index (χ1v) is 7.01. The second-order valence-corrected chi connectivity index (χ2v) is 5.78. The number of hydrogen-bond donors (Lipinski definition) is 1. The van der Waals surface area contributed by atoms with Crippen LogP contribution in [0.5, 0.6) is 0 Å². The Balaban J connectivity index is 2.33. The van der Waals surface area contributed by atoms with Gasteiger partial charge in [0.05, 0.1) is 6.20 Å². The molecule has 18 heavy (non-hydrogen) atoms. The molecule has 0 radical (unpaired) electrons. The summed E-state index contributed by atoms with van der Waals surface area (Å²) in [6.45, 7) is 0. The predicted octanol–water partition coefficient (Wildman–Crippen LogP) is 2.18. The Kier molecular flexibility index (Phi) is 3.58. The highest BCUT2D eigenvalue weighted by atomic mass is 79.9. The maximum absolute atomic E-state index is 12.9. The standard InChI is InChI=1S/C10H7BrFN3O2S/c11-9-2-1-3-10(14-9)15-18(16,17)8-4-7(12)5-13-6-8/h1-6H,(H,14,15). The molecule has 0 spiro atoms. The molecule has 2 rings (SSSR count). The van der Waals surface area contributed by atoms with Gasteiger partial charge in [-0.3, -0.25) is 9.71 Å². The second-order valence-electron chi connectivity index (χ2n) is 3.29. The molecular weight excluding hydrogens is 325 g/mol. The largest absolute Gasteiger partial charge is 0.264 e. The molecule has 0 saturated carbocycles. The normalized spacial score (nSPS) is 11.2. The van der Waals surface area contributed by atoms with Gasteiger partial charge in [-0.2, -0.15) is 0 Å². The molecule has 0 unspecified atom stereocenters. The van der Waals surface area contributed by atoms with Gasteiger partial charge in [-0.25, -0.2) is 17.8 Å². The summed E-state index contributed by atoms with van der Waals surface area (Å²) in [5.41, 5.74) is 0. The summed E-state index contributed by atoms with van der Waals surface area (Å²) in [4.78, 5) is 7.14. The van der Waals surface area contributed by atoms with Crippen molar-refractivity contribution in [3.63, 3.8) is 0 Å². The lowest BCUT2D eigenvalue weighted by Crippen LogP contribution is -2.14. The minimum atomic E-state index is -3.89. The van der Waals surface area contributed by atoms with Gasteiger partial charge in [-0.15, -0.1) is 0 Å². The molecule has 0 atom stereocenters. The van der Waals surface area contributed by atoms with E-state index in [1.165, 1.54) is 6.07 Å². The van der Waals surface area contributed by atoms with Crippen LogP contribution in [-0.4, -0.2) is 18.4 Å². The van der Waals surface area contributed by atoms with Crippen molar-refractivity contribution in [1.82, 2.24) is 9.97 Å². The van der Waals surface area contributed by atoms with Gasteiger partial charge in [0.1, 0.15) is 21.1 Å². The summed E-state index contributed by atoms with van der Waals surface area (Å²) in [5, 5.41) is 0. The summed E-state index contributed by atoms with van der Waals surface area (Å²) in [7, 11) is -3.89. The van der Waals surface area contributed by atoms with Crippen molar-refractivity contribution < 1.29 is 12.8 Å². The number of halogens is 2. The van der Waals surface area contributed by atoms with Crippen LogP contribution in [0.2, 0.25) is 0 Å². The lowest BCUT2D eigenvalue weighted by molar-refractivity contribution is 0.592. The Morgan fingerprint density at radius 1 is 1.28 bits per heavy atom. The van der Waals surface area contributed by atoms with Gasteiger partial charge < -0.3 is 0 Å². The van der Waals surface area contributed by atoms with Gasteiger partial charge in [0, 0.05) is 6.20 Å². The van der Waals surface area contributed by atoms with E-state index in [2.05, 4.69) is 30.6 Å². The zero-order chi connectivity index (χ0) is 13.2. The molecule has 2 aromatic heterocycles. The topological polar surface area (TPSA) is 72.0 Å². The average Bonchev–Trinajstić information content (AvgIpc) is 2.28. The number of anilines is 1. The van der Waals surface area contributed by atoms with E-state index < -0.39 is 15.8 Å². The van der Waals surface area contributed by atoms with Crippen molar-refractivity contribution >= 4 is 31.8 Å². The highest BCUT2D eigenvalue weighted by Gasteiger charge is 2.16. The summed E-state index contributed by atoms with van der Waals surface area (Å²) < 4.78 is 39.4. The number of sulfonamides is 1. The highest BCUT2D eigenvalue weighted by Crippen LogP contribution is 2.16. The predicted molar refractivity (Wildman–Crippen MR) is 66.9 cm³/mol. The van der Waals surface area contributed by atoms with E-state index in [4.69, 9.17) is 0 Å². The molecule has 0 aliphatic rings. The van der Waals surface area contributed by atoms with Gasteiger partial charge in [0.2, 0.25) is 0 Å². The molecule has 0 saturated heterocycles. The van der Waals surface area contributed by atoms with Crippen LogP contribution in [0.25, 0.3) is 0 Å². The first-order chi connectivity index (χ1) is 8.47. The van der Waals surface area contributed by atoms with E-state index in [0.29, 0.717) is 4.60 Å². The zero-order valence-electron chi connectivity index (χ0n) is 8.84. The Hall–Kier alpha value is -1.54. The Labute approximate surface area is 111 Å². The van der Waals surface area contributed by atoms with Crippen molar-refractivity contribution in [2.75, 3.05) is 4.72 Å². The molecule has 94 valence electrons. The van der Waals surface area contributed by atoms with Crippen molar-refractivity contribution in [2.24, 2.45) is 0 Å². The average molecular weight is 332 g/mol. The SMILES string of the molecule is O=S(=O)(Nc1cccc(Br)n1)c1cncc(F)c1. The third-order valence-corrected chi connectivity index (χ3v) is 3.71. The van der Waals surface area contributed by atoms with E-state index in [-0.39, 0.29) is 10.7 Å².